The fourth-order valence-electron chi connectivity index (χ4n) is 2.98. The minimum absolute atomic E-state index is 0. The molecule has 0 aromatic heterocycles. The summed E-state index contributed by atoms with van der Waals surface area (Å²) in [4.78, 5) is 7.20. The molecule has 6 heteroatoms. The highest BCUT2D eigenvalue weighted by atomic mass is 127. The van der Waals surface area contributed by atoms with Crippen LogP contribution >= 0.6 is 24.0 Å². The number of ether oxygens (including phenoxy) is 1. The van der Waals surface area contributed by atoms with Gasteiger partial charge in [-0.25, -0.2) is 0 Å². The molecule has 0 bridgehead atoms. The maximum Gasteiger partial charge on any atom is 0.191 e. The fraction of sp³-hybridized carbons (Fsp3) is 0.944. The van der Waals surface area contributed by atoms with Crippen LogP contribution in [0.4, 0.5) is 0 Å². The second kappa shape index (κ2) is 16.4. The van der Waals surface area contributed by atoms with Gasteiger partial charge in [0, 0.05) is 32.8 Å². The monoisotopic (exact) mass is 454 g/mol. The van der Waals surface area contributed by atoms with E-state index < -0.39 is 0 Å². The van der Waals surface area contributed by atoms with Crippen molar-refractivity contribution in [2.24, 2.45) is 10.9 Å². The summed E-state index contributed by atoms with van der Waals surface area (Å²) in [5.41, 5.74) is 0. The molecular weight excluding hydrogens is 415 g/mol. The molecule has 0 aromatic carbocycles. The molecule has 1 fully saturated rings. The molecule has 5 nitrogen and oxygen atoms in total. The van der Waals surface area contributed by atoms with E-state index in [1.807, 2.05) is 6.92 Å². The summed E-state index contributed by atoms with van der Waals surface area (Å²) in [5, 5.41) is 6.83. The van der Waals surface area contributed by atoms with Crippen molar-refractivity contribution in [2.45, 2.75) is 52.9 Å². The molecule has 24 heavy (non-hydrogen) atoms. The zero-order valence-corrected chi connectivity index (χ0v) is 18.3. The zero-order valence-electron chi connectivity index (χ0n) is 16.0. The number of hydrogen-bond acceptors (Lipinski definition) is 3. The second-order valence-corrected chi connectivity index (χ2v) is 6.26. The lowest BCUT2D eigenvalue weighted by molar-refractivity contribution is 0.144. The number of guanidine groups is 1. The van der Waals surface area contributed by atoms with Crippen LogP contribution < -0.4 is 10.6 Å². The van der Waals surface area contributed by atoms with E-state index in [9.17, 15) is 0 Å². The Morgan fingerprint density at radius 2 is 1.88 bits per heavy atom. The molecule has 1 aliphatic rings. The number of nitrogens with one attached hydrogen (secondary N) is 2. The number of piperidine rings is 1. The number of unbranched alkanes of at least 4 members (excludes halogenated alkanes) is 1. The Morgan fingerprint density at radius 3 is 2.50 bits per heavy atom. The van der Waals surface area contributed by atoms with Crippen LogP contribution in [0.3, 0.4) is 0 Å². The third-order valence-corrected chi connectivity index (χ3v) is 4.51. The Kier molecular flexibility index (Phi) is 16.3. The Bertz CT molecular complexity index is 307. The zero-order chi connectivity index (χ0) is 16.8. The highest BCUT2D eigenvalue weighted by molar-refractivity contribution is 14.0. The van der Waals surface area contributed by atoms with E-state index in [1.54, 1.807) is 0 Å². The van der Waals surface area contributed by atoms with Crippen LogP contribution in [0.15, 0.2) is 4.99 Å². The maximum atomic E-state index is 5.35. The summed E-state index contributed by atoms with van der Waals surface area (Å²) in [6.45, 7) is 14.6. The van der Waals surface area contributed by atoms with Crippen LogP contribution in [0, 0.1) is 5.92 Å². The lowest BCUT2D eigenvalue weighted by Crippen LogP contribution is -2.39. The number of nitrogens with zero attached hydrogens (tertiary/aromatic N) is 2. The van der Waals surface area contributed by atoms with Crippen LogP contribution in [0.2, 0.25) is 0 Å². The van der Waals surface area contributed by atoms with Gasteiger partial charge in [0.15, 0.2) is 5.96 Å². The first-order chi connectivity index (χ1) is 11.3. The predicted molar refractivity (Wildman–Crippen MR) is 115 cm³/mol. The number of likely N-dealkylation sites (tertiary alicyclic amines) is 1. The first-order valence-corrected chi connectivity index (χ1v) is 9.62. The van der Waals surface area contributed by atoms with E-state index in [2.05, 4.69) is 34.4 Å². The van der Waals surface area contributed by atoms with E-state index in [1.165, 1.54) is 38.9 Å². The van der Waals surface area contributed by atoms with Crippen LogP contribution in [-0.4, -0.2) is 63.3 Å². The van der Waals surface area contributed by atoms with Crippen LogP contribution in [0.1, 0.15) is 52.9 Å². The Balaban J connectivity index is 0.00000529. The molecule has 0 amide bonds. The molecular formula is C18H39IN4O. The quantitative estimate of drug-likeness (QED) is 0.218. The van der Waals surface area contributed by atoms with Crippen molar-refractivity contribution in [3.05, 3.63) is 0 Å². The van der Waals surface area contributed by atoms with Crippen molar-refractivity contribution in [1.29, 1.82) is 0 Å². The standard InChI is InChI=1S/C18H38N4O.HI/c1-4-19-18(20-12-7-8-16-23-6-3)21-13-9-17-10-14-22(5-2)15-11-17;/h17H,4-16H2,1-3H3,(H2,19,20,21);1H. The van der Waals surface area contributed by atoms with E-state index in [-0.39, 0.29) is 24.0 Å². The lowest BCUT2D eigenvalue weighted by atomic mass is 9.93. The van der Waals surface area contributed by atoms with Crippen molar-refractivity contribution in [2.75, 3.05) is 52.5 Å². The number of hydrogen-bond donors (Lipinski definition) is 2. The van der Waals surface area contributed by atoms with Gasteiger partial charge in [-0.05, 0) is 71.5 Å². The summed E-state index contributed by atoms with van der Waals surface area (Å²) >= 11 is 0. The van der Waals surface area contributed by atoms with Gasteiger partial charge in [-0.2, -0.15) is 0 Å². The summed E-state index contributed by atoms with van der Waals surface area (Å²) in [7, 11) is 0. The van der Waals surface area contributed by atoms with Crippen LogP contribution in [0.5, 0.6) is 0 Å². The van der Waals surface area contributed by atoms with E-state index in [4.69, 9.17) is 4.74 Å². The normalized spacial score (nSPS) is 16.7. The van der Waals surface area contributed by atoms with Crippen LogP contribution in [-0.2, 0) is 4.74 Å². The Labute approximate surface area is 166 Å². The molecule has 1 aliphatic heterocycles. The molecule has 1 saturated heterocycles. The first kappa shape index (κ1) is 23.9. The van der Waals surface area contributed by atoms with Crippen LogP contribution in [0.25, 0.3) is 0 Å². The largest absolute Gasteiger partial charge is 0.382 e. The molecule has 0 aliphatic carbocycles. The van der Waals surface area contributed by atoms with E-state index in [0.717, 1.165) is 57.6 Å². The van der Waals surface area contributed by atoms with Crippen molar-refractivity contribution >= 4 is 29.9 Å². The average Bonchev–Trinajstić information content (AvgIpc) is 2.58. The number of halogens is 1. The molecule has 144 valence electrons. The Morgan fingerprint density at radius 1 is 1.12 bits per heavy atom. The highest BCUT2D eigenvalue weighted by Gasteiger charge is 2.17. The van der Waals surface area contributed by atoms with Gasteiger partial charge in [0.2, 0.25) is 0 Å². The summed E-state index contributed by atoms with van der Waals surface area (Å²) in [6.07, 6.45) is 6.13. The molecule has 0 radical (unpaired) electrons. The molecule has 0 aromatic rings. The molecule has 0 spiro atoms. The van der Waals surface area contributed by atoms with E-state index in [0.29, 0.717) is 0 Å². The Hall–Kier alpha value is -0.0800. The molecule has 1 heterocycles. The van der Waals surface area contributed by atoms with Crippen molar-refractivity contribution in [1.82, 2.24) is 15.5 Å². The second-order valence-electron chi connectivity index (χ2n) is 6.26. The van der Waals surface area contributed by atoms with Gasteiger partial charge < -0.3 is 20.3 Å². The van der Waals surface area contributed by atoms with Gasteiger partial charge in [-0.15, -0.1) is 24.0 Å². The van der Waals surface area contributed by atoms with Gasteiger partial charge in [0.1, 0.15) is 0 Å². The van der Waals surface area contributed by atoms with Gasteiger partial charge in [0.05, 0.1) is 0 Å². The smallest absolute Gasteiger partial charge is 0.191 e. The SMILES string of the molecule is CCNC(=NCCCCOCC)NCCC1CCN(CC)CC1.I. The molecule has 2 N–H and O–H groups in total. The number of aliphatic imine (C=N–C) groups is 1. The minimum atomic E-state index is 0. The fourth-order valence-corrected chi connectivity index (χ4v) is 2.98. The lowest BCUT2D eigenvalue weighted by Gasteiger charge is -2.31. The van der Waals surface area contributed by atoms with Gasteiger partial charge >= 0.3 is 0 Å². The van der Waals surface area contributed by atoms with Crippen molar-refractivity contribution < 1.29 is 4.74 Å². The number of rotatable bonds is 11. The third kappa shape index (κ3) is 11.5. The topological polar surface area (TPSA) is 48.9 Å². The summed E-state index contributed by atoms with van der Waals surface area (Å²) < 4.78 is 5.35. The van der Waals surface area contributed by atoms with Gasteiger partial charge in [-0.3, -0.25) is 4.99 Å². The third-order valence-electron chi connectivity index (χ3n) is 4.51. The van der Waals surface area contributed by atoms with Gasteiger partial charge in [-0.1, -0.05) is 6.92 Å². The van der Waals surface area contributed by atoms with Gasteiger partial charge in [0.25, 0.3) is 0 Å². The summed E-state index contributed by atoms with van der Waals surface area (Å²) in [5.74, 6) is 1.84. The molecule has 0 saturated carbocycles. The predicted octanol–water partition coefficient (Wildman–Crippen LogP) is 3.10. The molecule has 0 atom stereocenters. The highest BCUT2D eigenvalue weighted by Crippen LogP contribution is 2.19. The molecule has 1 rings (SSSR count). The van der Waals surface area contributed by atoms with Crippen molar-refractivity contribution in [3.63, 3.8) is 0 Å². The molecule has 0 unspecified atom stereocenters. The summed E-state index contributed by atoms with van der Waals surface area (Å²) in [6, 6.07) is 0. The first-order valence-electron chi connectivity index (χ1n) is 9.62. The maximum absolute atomic E-state index is 5.35. The van der Waals surface area contributed by atoms with E-state index >= 15 is 0 Å². The average molecular weight is 454 g/mol. The minimum Gasteiger partial charge on any atom is -0.382 e. The van der Waals surface area contributed by atoms with Crippen molar-refractivity contribution in [3.8, 4) is 0 Å².